The Morgan fingerprint density at radius 1 is 1.57 bits per heavy atom. The first-order valence-corrected chi connectivity index (χ1v) is 4.96. The number of amides is 1. The van der Waals surface area contributed by atoms with Crippen molar-refractivity contribution in [3.05, 3.63) is 0 Å². The van der Waals surface area contributed by atoms with Crippen LogP contribution in [0.4, 0.5) is 0 Å². The van der Waals surface area contributed by atoms with Gasteiger partial charge in [0.15, 0.2) is 5.41 Å². The lowest BCUT2D eigenvalue weighted by Crippen LogP contribution is -2.56. The van der Waals surface area contributed by atoms with E-state index in [9.17, 15) is 4.79 Å². The zero-order valence-electron chi connectivity index (χ0n) is 8.32. The molecular formula is C10H14N2O2. The summed E-state index contributed by atoms with van der Waals surface area (Å²) in [5.41, 5.74) is -0.871. The molecule has 1 saturated heterocycles. The van der Waals surface area contributed by atoms with E-state index in [0.717, 1.165) is 12.8 Å². The van der Waals surface area contributed by atoms with Crippen molar-refractivity contribution in [3.63, 3.8) is 0 Å². The van der Waals surface area contributed by atoms with E-state index in [1.54, 1.807) is 11.9 Å². The molecule has 0 aromatic heterocycles. The van der Waals surface area contributed by atoms with Crippen LogP contribution in [0, 0.1) is 16.7 Å². The van der Waals surface area contributed by atoms with Crippen molar-refractivity contribution in [2.75, 3.05) is 20.3 Å². The van der Waals surface area contributed by atoms with Crippen molar-refractivity contribution in [3.8, 4) is 6.07 Å². The summed E-state index contributed by atoms with van der Waals surface area (Å²) in [6.07, 6.45) is 3.34. The van der Waals surface area contributed by atoms with Crippen molar-refractivity contribution in [1.29, 1.82) is 5.26 Å². The molecule has 2 fully saturated rings. The van der Waals surface area contributed by atoms with Crippen LogP contribution in [0.15, 0.2) is 0 Å². The molecule has 0 unspecified atom stereocenters. The van der Waals surface area contributed by atoms with Gasteiger partial charge in [0.25, 0.3) is 0 Å². The van der Waals surface area contributed by atoms with Gasteiger partial charge in [0.2, 0.25) is 5.91 Å². The number of hydrogen-bond acceptors (Lipinski definition) is 3. The molecule has 1 aliphatic heterocycles. The van der Waals surface area contributed by atoms with Crippen LogP contribution in [0.3, 0.4) is 0 Å². The summed E-state index contributed by atoms with van der Waals surface area (Å²) in [4.78, 5) is 13.7. The van der Waals surface area contributed by atoms with Gasteiger partial charge < -0.3 is 9.64 Å². The summed E-state index contributed by atoms with van der Waals surface area (Å²) in [6.45, 7) is 0.527. The maximum absolute atomic E-state index is 11.9. The van der Waals surface area contributed by atoms with E-state index in [2.05, 4.69) is 6.07 Å². The molecule has 0 aromatic rings. The zero-order chi connectivity index (χ0) is 10.2. The molecule has 0 atom stereocenters. The molecule has 0 bridgehead atoms. The molecule has 1 amide bonds. The minimum absolute atomic E-state index is 0.0593. The van der Waals surface area contributed by atoms with Gasteiger partial charge >= 0.3 is 0 Å². The van der Waals surface area contributed by atoms with E-state index in [1.807, 2.05) is 0 Å². The average Bonchev–Trinajstić information content (AvgIpc) is 1.99. The van der Waals surface area contributed by atoms with Gasteiger partial charge in [-0.25, -0.2) is 0 Å². The Morgan fingerprint density at radius 3 is 2.50 bits per heavy atom. The highest BCUT2D eigenvalue weighted by molar-refractivity contribution is 5.86. The Hall–Kier alpha value is -1.08. The fourth-order valence-electron chi connectivity index (χ4n) is 1.82. The predicted molar refractivity (Wildman–Crippen MR) is 49.3 cm³/mol. The predicted octanol–water partition coefficient (Wildman–Crippen LogP) is 0.537. The van der Waals surface area contributed by atoms with Gasteiger partial charge in [0, 0.05) is 13.1 Å². The van der Waals surface area contributed by atoms with Crippen LogP contribution in [-0.2, 0) is 9.53 Å². The number of carbonyl (C=O) groups excluding carboxylic acids is 1. The lowest BCUT2D eigenvalue weighted by molar-refractivity contribution is -0.163. The van der Waals surface area contributed by atoms with Gasteiger partial charge in [-0.1, -0.05) is 0 Å². The van der Waals surface area contributed by atoms with Crippen LogP contribution in [0.25, 0.3) is 0 Å². The fraction of sp³-hybridized carbons (Fsp3) is 0.800. The van der Waals surface area contributed by atoms with Gasteiger partial charge in [-0.05, 0) is 19.3 Å². The standard InChI is InChI=1S/C10H14N2O2/c1-12(8-3-2-4-8)9(13)10(5-11)6-14-7-10/h8H,2-4,6-7H2,1H3. The Kier molecular flexibility index (Phi) is 2.20. The molecule has 76 valence electrons. The third-order valence-corrected chi connectivity index (χ3v) is 3.26. The average molecular weight is 194 g/mol. The second kappa shape index (κ2) is 3.25. The molecule has 0 radical (unpaired) electrons. The van der Waals surface area contributed by atoms with Crippen molar-refractivity contribution < 1.29 is 9.53 Å². The Labute approximate surface area is 83.4 Å². The first kappa shape index (κ1) is 9.47. The summed E-state index contributed by atoms with van der Waals surface area (Å²) in [5.74, 6) is -0.0593. The highest BCUT2D eigenvalue weighted by atomic mass is 16.5. The van der Waals surface area contributed by atoms with Crippen LogP contribution in [-0.4, -0.2) is 37.1 Å². The highest BCUT2D eigenvalue weighted by Gasteiger charge is 2.49. The summed E-state index contributed by atoms with van der Waals surface area (Å²) in [6, 6.07) is 2.44. The first-order valence-electron chi connectivity index (χ1n) is 4.96. The lowest BCUT2D eigenvalue weighted by Gasteiger charge is -2.42. The maximum atomic E-state index is 11.9. The second-order valence-electron chi connectivity index (χ2n) is 4.19. The van der Waals surface area contributed by atoms with Crippen molar-refractivity contribution in [2.24, 2.45) is 5.41 Å². The monoisotopic (exact) mass is 194 g/mol. The minimum Gasteiger partial charge on any atom is -0.377 e. The Morgan fingerprint density at radius 2 is 2.21 bits per heavy atom. The van der Waals surface area contributed by atoms with Crippen LogP contribution in [0.2, 0.25) is 0 Å². The maximum Gasteiger partial charge on any atom is 0.247 e. The van der Waals surface area contributed by atoms with E-state index in [1.165, 1.54) is 6.42 Å². The van der Waals surface area contributed by atoms with Crippen LogP contribution in [0.5, 0.6) is 0 Å². The van der Waals surface area contributed by atoms with Gasteiger partial charge in [-0.3, -0.25) is 4.79 Å². The number of hydrogen-bond donors (Lipinski definition) is 0. The first-order chi connectivity index (χ1) is 6.69. The summed E-state index contributed by atoms with van der Waals surface area (Å²) >= 11 is 0. The van der Waals surface area contributed by atoms with E-state index in [0.29, 0.717) is 6.04 Å². The largest absolute Gasteiger partial charge is 0.377 e. The topological polar surface area (TPSA) is 53.3 Å². The normalized spacial score (nSPS) is 24.3. The van der Waals surface area contributed by atoms with Crippen molar-refractivity contribution in [1.82, 2.24) is 4.90 Å². The number of ether oxygens (including phenoxy) is 1. The van der Waals surface area contributed by atoms with E-state index >= 15 is 0 Å². The number of carbonyl (C=O) groups is 1. The zero-order valence-corrected chi connectivity index (χ0v) is 8.32. The molecule has 2 rings (SSSR count). The molecule has 14 heavy (non-hydrogen) atoms. The molecule has 1 heterocycles. The molecular weight excluding hydrogens is 180 g/mol. The number of nitriles is 1. The van der Waals surface area contributed by atoms with Gasteiger partial charge in [-0.2, -0.15) is 5.26 Å². The molecule has 0 spiro atoms. The van der Waals surface area contributed by atoms with E-state index < -0.39 is 5.41 Å². The van der Waals surface area contributed by atoms with Crippen LogP contribution in [0.1, 0.15) is 19.3 Å². The summed E-state index contributed by atoms with van der Waals surface area (Å²) < 4.78 is 4.96. The SMILES string of the molecule is CN(C(=O)C1(C#N)COC1)C1CCC1. The van der Waals surface area contributed by atoms with Crippen molar-refractivity contribution in [2.45, 2.75) is 25.3 Å². The molecule has 0 aromatic carbocycles. The van der Waals surface area contributed by atoms with Gasteiger partial charge in [-0.15, -0.1) is 0 Å². The molecule has 4 heteroatoms. The van der Waals surface area contributed by atoms with E-state index in [4.69, 9.17) is 10.00 Å². The van der Waals surface area contributed by atoms with Gasteiger partial charge in [0.1, 0.15) is 0 Å². The van der Waals surface area contributed by atoms with Crippen molar-refractivity contribution >= 4 is 5.91 Å². The number of nitrogens with zero attached hydrogens (tertiary/aromatic N) is 2. The molecule has 1 aliphatic carbocycles. The Balaban J connectivity index is 2.03. The molecule has 1 saturated carbocycles. The molecule has 0 N–H and O–H groups in total. The minimum atomic E-state index is -0.871. The second-order valence-corrected chi connectivity index (χ2v) is 4.19. The summed E-state index contributed by atoms with van der Waals surface area (Å²) in [7, 11) is 1.80. The highest BCUT2D eigenvalue weighted by Crippen LogP contribution is 2.32. The smallest absolute Gasteiger partial charge is 0.247 e. The van der Waals surface area contributed by atoms with Crippen LogP contribution < -0.4 is 0 Å². The van der Waals surface area contributed by atoms with Gasteiger partial charge in [0.05, 0.1) is 19.3 Å². The third kappa shape index (κ3) is 1.20. The molecule has 4 nitrogen and oxygen atoms in total. The molecule has 2 aliphatic rings. The van der Waals surface area contributed by atoms with Crippen LogP contribution >= 0.6 is 0 Å². The quantitative estimate of drug-likeness (QED) is 0.644. The number of rotatable bonds is 2. The van der Waals surface area contributed by atoms with E-state index in [-0.39, 0.29) is 19.1 Å². The fourth-order valence-corrected chi connectivity index (χ4v) is 1.82. The lowest BCUT2D eigenvalue weighted by atomic mass is 9.83. The Bertz CT molecular complexity index is 287. The summed E-state index contributed by atoms with van der Waals surface area (Å²) in [5, 5.41) is 8.95. The third-order valence-electron chi connectivity index (χ3n) is 3.26.